The van der Waals surface area contributed by atoms with Crippen molar-refractivity contribution >= 4 is 13.1 Å². The third-order valence-corrected chi connectivity index (χ3v) is 3.26. The van der Waals surface area contributed by atoms with E-state index in [4.69, 9.17) is 0 Å². The minimum absolute atomic E-state index is 0.964. The van der Waals surface area contributed by atoms with Gasteiger partial charge in [-0.15, -0.1) is 0 Å². The molecule has 1 aromatic rings. The predicted octanol–water partition coefficient (Wildman–Crippen LogP) is 2.69. The van der Waals surface area contributed by atoms with Gasteiger partial charge in [-0.25, -0.2) is 0 Å². The van der Waals surface area contributed by atoms with Crippen LogP contribution in [0.15, 0.2) is 12.1 Å². The maximum atomic E-state index is 11.2. The van der Waals surface area contributed by atoms with Gasteiger partial charge in [0, 0.05) is 0 Å². The highest BCUT2D eigenvalue weighted by molar-refractivity contribution is 7.52. The summed E-state index contributed by atoms with van der Waals surface area (Å²) in [7, 11) is -1.19. The summed E-state index contributed by atoms with van der Waals surface area (Å²) >= 11 is 0. The molecule has 1 atom stereocenters. The molecule has 64 valence electrons. The molecule has 0 aromatic heterocycles. The Labute approximate surface area is 74.6 Å². The van der Waals surface area contributed by atoms with Gasteiger partial charge in [0.1, 0.15) is 6.66 Å². The van der Waals surface area contributed by atoms with E-state index in [1.807, 2.05) is 12.1 Å². The number of rotatable bonds is 1. The maximum absolute atomic E-state index is 11.2. The molecule has 1 unspecified atom stereocenters. The summed E-state index contributed by atoms with van der Waals surface area (Å²) in [6.45, 7) is 7.96. The summed E-state index contributed by atoms with van der Waals surface area (Å²) in [6, 6.07) is 4.03. The SMILES string of the molecule is Cc1cc([P+](C)=O)cc(C)c1C. The van der Waals surface area contributed by atoms with E-state index in [0.717, 1.165) is 5.30 Å². The fraction of sp³-hybridized carbons (Fsp3) is 0.400. The van der Waals surface area contributed by atoms with Crippen molar-refractivity contribution in [3.63, 3.8) is 0 Å². The predicted molar refractivity (Wildman–Crippen MR) is 53.8 cm³/mol. The van der Waals surface area contributed by atoms with E-state index in [2.05, 4.69) is 20.8 Å². The molecule has 1 nitrogen and oxygen atoms in total. The average molecular weight is 181 g/mol. The van der Waals surface area contributed by atoms with Crippen molar-refractivity contribution in [2.45, 2.75) is 20.8 Å². The maximum Gasteiger partial charge on any atom is 0.373 e. The van der Waals surface area contributed by atoms with Gasteiger partial charge < -0.3 is 0 Å². The number of hydrogen-bond acceptors (Lipinski definition) is 1. The zero-order valence-corrected chi connectivity index (χ0v) is 8.90. The second kappa shape index (κ2) is 3.37. The minimum atomic E-state index is -1.19. The highest BCUT2D eigenvalue weighted by atomic mass is 31.1. The zero-order valence-electron chi connectivity index (χ0n) is 8.01. The molecule has 0 N–H and O–H groups in total. The van der Waals surface area contributed by atoms with Gasteiger partial charge in [-0.3, -0.25) is 0 Å². The van der Waals surface area contributed by atoms with Crippen LogP contribution in [0.5, 0.6) is 0 Å². The summed E-state index contributed by atoms with van der Waals surface area (Å²) < 4.78 is 11.2. The second-order valence-electron chi connectivity index (χ2n) is 3.20. The molecule has 12 heavy (non-hydrogen) atoms. The summed E-state index contributed by atoms with van der Waals surface area (Å²) in [5.41, 5.74) is 3.76. The molecule has 0 saturated heterocycles. The molecular weight excluding hydrogens is 167 g/mol. The molecule has 0 aliphatic carbocycles. The Kier molecular flexibility index (Phi) is 2.64. The first kappa shape index (κ1) is 9.41. The largest absolute Gasteiger partial charge is 0.373 e. The van der Waals surface area contributed by atoms with Crippen LogP contribution < -0.4 is 5.30 Å². The summed E-state index contributed by atoms with van der Waals surface area (Å²) in [6.07, 6.45) is 0. The van der Waals surface area contributed by atoms with Crippen molar-refractivity contribution in [2.75, 3.05) is 6.66 Å². The quantitative estimate of drug-likeness (QED) is 0.609. The third kappa shape index (κ3) is 1.73. The van der Waals surface area contributed by atoms with Crippen LogP contribution in [0.2, 0.25) is 0 Å². The zero-order chi connectivity index (χ0) is 9.30. The van der Waals surface area contributed by atoms with Gasteiger partial charge in [0.25, 0.3) is 0 Å². The normalized spacial score (nSPS) is 11.5. The van der Waals surface area contributed by atoms with Crippen LogP contribution in [0, 0.1) is 20.8 Å². The first-order valence-electron chi connectivity index (χ1n) is 4.01. The van der Waals surface area contributed by atoms with Gasteiger partial charge in [0.15, 0.2) is 5.30 Å². The lowest BCUT2D eigenvalue weighted by Crippen LogP contribution is -2.00. The van der Waals surface area contributed by atoms with Crippen molar-refractivity contribution in [1.82, 2.24) is 0 Å². The van der Waals surface area contributed by atoms with Crippen LogP contribution in [0.4, 0.5) is 0 Å². The molecule has 0 heterocycles. The molecular formula is C10H14OP+. The van der Waals surface area contributed by atoms with Crippen molar-refractivity contribution in [2.24, 2.45) is 0 Å². The molecule has 0 aliphatic rings. The molecule has 0 saturated carbocycles. The van der Waals surface area contributed by atoms with E-state index in [9.17, 15) is 4.57 Å². The van der Waals surface area contributed by atoms with Crippen LogP contribution in [0.3, 0.4) is 0 Å². The highest BCUT2D eigenvalue weighted by Gasteiger charge is 2.13. The van der Waals surface area contributed by atoms with E-state index in [-0.39, 0.29) is 0 Å². The van der Waals surface area contributed by atoms with Gasteiger partial charge in [-0.05, 0) is 49.6 Å². The fourth-order valence-electron chi connectivity index (χ4n) is 1.19. The van der Waals surface area contributed by atoms with Gasteiger partial charge in [0.05, 0.1) is 0 Å². The van der Waals surface area contributed by atoms with E-state index in [1.165, 1.54) is 16.7 Å². The third-order valence-electron chi connectivity index (χ3n) is 2.28. The second-order valence-corrected chi connectivity index (χ2v) is 4.71. The van der Waals surface area contributed by atoms with Gasteiger partial charge in [0.2, 0.25) is 0 Å². The minimum Gasteiger partial charge on any atom is -0.0684 e. The summed E-state index contributed by atoms with van der Waals surface area (Å²) in [5, 5.41) is 0.964. The Bertz CT molecular complexity index is 306. The van der Waals surface area contributed by atoms with Crippen LogP contribution in [-0.4, -0.2) is 6.66 Å². The fourth-order valence-corrected chi connectivity index (χ4v) is 1.95. The molecule has 0 bridgehead atoms. The molecule has 2 heteroatoms. The van der Waals surface area contributed by atoms with Crippen molar-refractivity contribution < 1.29 is 4.57 Å². The van der Waals surface area contributed by atoms with Crippen LogP contribution in [-0.2, 0) is 4.57 Å². The summed E-state index contributed by atoms with van der Waals surface area (Å²) in [5.74, 6) is 0. The van der Waals surface area contributed by atoms with Crippen molar-refractivity contribution in [1.29, 1.82) is 0 Å². The number of hydrogen-bond donors (Lipinski definition) is 0. The van der Waals surface area contributed by atoms with Gasteiger partial charge in [-0.2, -0.15) is 0 Å². The van der Waals surface area contributed by atoms with Gasteiger partial charge >= 0.3 is 7.80 Å². The monoisotopic (exact) mass is 181 g/mol. The Morgan fingerprint density at radius 1 is 1.08 bits per heavy atom. The first-order valence-corrected chi connectivity index (χ1v) is 5.71. The van der Waals surface area contributed by atoms with E-state index < -0.39 is 7.80 Å². The Morgan fingerprint density at radius 3 is 1.83 bits per heavy atom. The highest BCUT2D eigenvalue weighted by Crippen LogP contribution is 2.18. The average Bonchev–Trinajstić information content (AvgIpc) is 1.99. The van der Waals surface area contributed by atoms with E-state index in [0.29, 0.717) is 0 Å². The Morgan fingerprint density at radius 2 is 1.50 bits per heavy atom. The van der Waals surface area contributed by atoms with Crippen molar-refractivity contribution in [3.05, 3.63) is 28.8 Å². The summed E-state index contributed by atoms with van der Waals surface area (Å²) in [4.78, 5) is 0. The number of benzene rings is 1. The lowest BCUT2D eigenvalue weighted by molar-refractivity contribution is 0.596. The van der Waals surface area contributed by atoms with Crippen molar-refractivity contribution in [3.8, 4) is 0 Å². The Balaban J connectivity index is 3.31. The number of aryl methyl sites for hydroxylation is 2. The van der Waals surface area contributed by atoms with Crippen LogP contribution in [0.1, 0.15) is 16.7 Å². The van der Waals surface area contributed by atoms with E-state index in [1.54, 1.807) is 6.66 Å². The molecule has 0 aliphatic heterocycles. The Hall–Kier alpha value is -0.680. The smallest absolute Gasteiger partial charge is 0.0684 e. The molecule has 0 fully saturated rings. The first-order chi connectivity index (χ1) is 5.52. The topological polar surface area (TPSA) is 17.1 Å². The van der Waals surface area contributed by atoms with Gasteiger partial charge in [-0.1, -0.05) is 4.57 Å². The molecule has 1 rings (SSSR count). The lowest BCUT2D eigenvalue weighted by Gasteiger charge is -2.02. The molecule has 0 radical (unpaired) electrons. The standard InChI is InChI=1S/C10H14OP/c1-7-5-10(12(4)11)6-8(2)9(7)3/h5-6H,1-4H3/q+1. The molecule has 0 spiro atoms. The van der Waals surface area contributed by atoms with E-state index >= 15 is 0 Å². The molecule has 0 amide bonds. The molecule has 1 aromatic carbocycles. The van der Waals surface area contributed by atoms with Crippen LogP contribution in [0.25, 0.3) is 0 Å². The lowest BCUT2D eigenvalue weighted by atomic mass is 10.1. The van der Waals surface area contributed by atoms with Crippen LogP contribution >= 0.6 is 7.80 Å².